The molecule has 3 heteroatoms. The molecule has 3 aliphatic rings. The van der Waals surface area contributed by atoms with Gasteiger partial charge in [0, 0.05) is 6.04 Å². The molecule has 1 aliphatic carbocycles. The Morgan fingerprint density at radius 1 is 1.64 bits per heavy atom. The van der Waals surface area contributed by atoms with Crippen molar-refractivity contribution in [3.63, 3.8) is 0 Å². The van der Waals surface area contributed by atoms with E-state index in [4.69, 9.17) is 4.74 Å². The number of methoxy groups -OCH3 is 1. The van der Waals surface area contributed by atoms with Crippen molar-refractivity contribution in [1.29, 1.82) is 0 Å². The van der Waals surface area contributed by atoms with Crippen LogP contribution in [0.1, 0.15) is 19.8 Å². The summed E-state index contributed by atoms with van der Waals surface area (Å²) in [6, 6.07) is 0.495. The van der Waals surface area contributed by atoms with Crippen LogP contribution in [0.25, 0.3) is 0 Å². The van der Waals surface area contributed by atoms with E-state index in [1.54, 1.807) is 0 Å². The number of hydrogen-bond acceptors (Lipinski definition) is 3. The average molecular weight is 155 g/mol. The lowest BCUT2D eigenvalue weighted by Gasteiger charge is -2.34. The zero-order valence-corrected chi connectivity index (χ0v) is 6.89. The minimum Gasteiger partial charge on any atom is -0.468 e. The summed E-state index contributed by atoms with van der Waals surface area (Å²) in [6.45, 7) is 2.13. The van der Waals surface area contributed by atoms with Crippen molar-refractivity contribution in [2.24, 2.45) is 5.92 Å². The molecule has 0 aromatic rings. The number of carbonyl (C=O) groups excluding carboxylic acids is 1. The highest BCUT2D eigenvalue weighted by molar-refractivity contribution is 5.83. The molecule has 11 heavy (non-hydrogen) atoms. The number of ether oxygens (including phenoxy) is 1. The first kappa shape index (κ1) is 7.10. The van der Waals surface area contributed by atoms with E-state index < -0.39 is 0 Å². The molecule has 0 radical (unpaired) electrons. The predicted octanol–water partition coefficient (Wildman–Crippen LogP) is 0.300. The molecule has 0 spiro atoms. The molecule has 62 valence electrons. The topological polar surface area (TPSA) is 38.3 Å². The zero-order valence-electron chi connectivity index (χ0n) is 6.89. The van der Waals surface area contributed by atoms with Crippen LogP contribution in [0, 0.1) is 5.92 Å². The van der Waals surface area contributed by atoms with Gasteiger partial charge in [-0.05, 0) is 25.7 Å². The number of esters is 1. The number of hydrogen-bond donors (Lipinski definition) is 1. The maximum atomic E-state index is 11.2. The standard InChI is InChI=1S/C8H13NO2/c1-5-6-3-8(4-6,9-5)7(10)11-2/h5-6,9H,3-4H2,1-2H3. The van der Waals surface area contributed by atoms with E-state index in [-0.39, 0.29) is 11.5 Å². The van der Waals surface area contributed by atoms with Gasteiger partial charge in [0.25, 0.3) is 0 Å². The fourth-order valence-electron chi connectivity index (χ4n) is 2.28. The van der Waals surface area contributed by atoms with Crippen molar-refractivity contribution >= 4 is 5.97 Å². The van der Waals surface area contributed by atoms with Gasteiger partial charge in [-0.3, -0.25) is 10.1 Å². The second-order valence-corrected chi connectivity index (χ2v) is 3.68. The van der Waals surface area contributed by atoms with Gasteiger partial charge in [0.1, 0.15) is 5.54 Å². The van der Waals surface area contributed by atoms with Gasteiger partial charge >= 0.3 is 5.97 Å². The summed E-state index contributed by atoms with van der Waals surface area (Å²) < 4.78 is 4.72. The van der Waals surface area contributed by atoms with Crippen LogP contribution >= 0.6 is 0 Å². The van der Waals surface area contributed by atoms with Crippen molar-refractivity contribution in [3.8, 4) is 0 Å². The Kier molecular flexibility index (Phi) is 1.27. The zero-order chi connectivity index (χ0) is 8.06. The Balaban J connectivity index is 2.11. The second-order valence-electron chi connectivity index (χ2n) is 3.68. The maximum Gasteiger partial charge on any atom is 0.326 e. The quantitative estimate of drug-likeness (QED) is 0.553. The normalized spacial score (nSPS) is 46.7. The van der Waals surface area contributed by atoms with Crippen LogP contribution in [-0.2, 0) is 9.53 Å². The SMILES string of the molecule is COC(=O)C12CC(C1)C(C)N2. The van der Waals surface area contributed by atoms with E-state index in [1.165, 1.54) is 7.11 Å². The van der Waals surface area contributed by atoms with Gasteiger partial charge in [0.2, 0.25) is 0 Å². The molecule has 0 aromatic carbocycles. The van der Waals surface area contributed by atoms with Gasteiger partial charge in [-0.25, -0.2) is 0 Å². The fraction of sp³-hybridized carbons (Fsp3) is 0.875. The van der Waals surface area contributed by atoms with Gasteiger partial charge < -0.3 is 4.74 Å². The fourth-order valence-corrected chi connectivity index (χ4v) is 2.28. The van der Waals surface area contributed by atoms with Gasteiger partial charge in [-0.2, -0.15) is 0 Å². The molecule has 0 amide bonds. The van der Waals surface area contributed by atoms with E-state index in [2.05, 4.69) is 12.2 Å². The number of rotatable bonds is 1. The molecule has 0 aromatic heterocycles. The third-order valence-electron chi connectivity index (χ3n) is 3.01. The molecule has 3 fully saturated rings. The Labute approximate surface area is 66.1 Å². The van der Waals surface area contributed by atoms with E-state index in [0.717, 1.165) is 12.8 Å². The third kappa shape index (κ3) is 0.745. The number of fused-ring (bicyclic) bond motifs is 1. The van der Waals surface area contributed by atoms with Gasteiger partial charge in [-0.15, -0.1) is 0 Å². The maximum absolute atomic E-state index is 11.2. The largest absolute Gasteiger partial charge is 0.468 e. The highest BCUT2D eigenvalue weighted by atomic mass is 16.5. The Morgan fingerprint density at radius 3 is 2.64 bits per heavy atom. The highest BCUT2D eigenvalue weighted by Gasteiger charge is 2.59. The first-order chi connectivity index (χ1) is 5.18. The number of nitrogens with one attached hydrogen (secondary N) is 1. The second kappa shape index (κ2) is 1.97. The van der Waals surface area contributed by atoms with E-state index in [9.17, 15) is 4.79 Å². The van der Waals surface area contributed by atoms with Crippen molar-refractivity contribution in [2.45, 2.75) is 31.3 Å². The Morgan fingerprint density at radius 2 is 2.27 bits per heavy atom. The molecule has 2 saturated heterocycles. The van der Waals surface area contributed by atoms with Crippen molar-refractivity contribution in [1.82, 2.24) is 5.32 Å². The molecule has 1 N–H and O–H groups in total. The molecule has 3 nitrogen and oxygen atoms in total. The lowest BCUT2D eigenvalue weighted by Crippen LogP contribution is -2.51. The van der Waals surface area contributed by atoms with Crippen molar-refractivity contribution < 1.29 is 9.53 Å². The Hall–Kier alpha value is -0.570. The molecule has 2 heterocycles. The van der Waals surface area contributed by atoms with Crippen LogP contribution in [-0.4, -0.2) is 24.7 Å². The molecule has 1 atom stereocenters. The lowest BCUT2D eigenvalue weighted by molar-refractivity contribution is -0.150. The van der Waals surface area contributed by atoms with Gasteiger partial charge in [0.05, 0.1) is 7.11 Å². The van der Waals surface area contributed by atoms with Crippen LogP contribution in [0.5, 0.6) is 0 Å². The lowest BCUT2D eigenvalue weighted by atomic mass is 9.72. The smallest absolute Gasteiger partial charge is 0.326 e. The summed E-state index contributed by atoms with van der Waals surface area (Å²) in [4.78, 5) is 11.2. The van der Waals surface area contributed by atoms with E-state index in [1.807, 2.05) is 0 Å². The predicted molar refractivity (Wildman–Crippen MR) is 40.1 cm³/mol. The monoisotopic (exact) mass is 155 g/mol. The molecule has 1 unspecified atom stereocenters. The van der Waals surface area contributed by atoms with E-state index in [0.29, 0.717) is 12.0 Å². The first-order valence-electron chi connectivity index (χ1n) is 4.04. The van der Waals surface area contributed by atoms with Crippen molar-refractivity contribution in [3.05, 3.63) is 0 Å². The number of carbonyl (C=O) groups is 1. The summed E-state index contributed by atoms with van der Waals surface area (Å²) in [5, 5.41) is 3.28. The minimum absolute atomic E-state index is 0.0851. The summed E-state index contributed by atoms with van der Waals surface area (Å²) in [7, 11) is 1.45. The molecular weight excluding hydrogens is 142 g/mol. The van der Waals surface area contributed by atoms with Gasteiger partial charge in [0.15, 0.2) is 0 Å². The summed E-state index contributed by atoms with van der Waals surface area (Å²) in [5.41, 5.74) is -0.293. The van der Waals surface area contributed by atoms with Crippen LogP contribution in [0.3, 0.4) is 0 Å². The Bertz CT molecular complexity index is 196. The van der Waals surface area contributed by atoms with Crippen LogP contribution in [0.2, 0.25) is 0 Å². The molecule has 1 saturated carbocycles. The summed E-state index contributed by atoms with van der Waals surface area (Å²) in [5.74, 6) is 0.618. The van der Waals surface area contributed by atoms with Crippen molar-refractivity contribution in [2.75, 3.05) is 7.11 Å². The van der Waals surface area contributed by atoms with Crippen LogP contribution < -0.4 is 5.32 Å². The third-order valence-corrected chi connectivity index (χ3v) is 3.01. The molecular formula is C8H13NO2. The van der Waals surface area contributed by atoms with E-state index >= 15 is 0 Å². The van der Waals surface area contributed by atoms with Crippen LogP contribution in [0.4, 0.5) is 0 Å². The summed E-state index contributed by atoms with van der Waals surface area (Å²) >= 11 is 0. The average Bonchev–Trinajstić information content (AvgIpc) is 2.38. The molecule has 2 bridgehead atoms. The first-order valence-corrected chi connectivity index (χ1v) is 4.04. The minimum atomic E-state index is -0.293. The molecule has 2 aliphatic heterocycles. The van der Waals surface area contributed by atoms with Gasteiger partial charge in [-0.1, -0.05) is 0 Å². The van der Waals surface area contributed by atoms with Crippen LogP contribution in [0.15, 0.2) is 0 Å². The molecule has 3 rings (SSSR count). The summed E-state index contributed by atoms with van der Waals surface area (Å²) in [6.07, 6.45) is 1.95. The highest BCUT2D eigenvalue weighted by Crippen LogP contribution is 2.47.